The van der Waals surface area contributed by atoms with E-state index in [1.165, 1.54) is 12.8 Å². The van der Waals surface area contributed by atoms with Gasteiger partial charge in [-0.3, -0.25) is 0 Å². The molecule has 1 fully saturated rings. The first-order valence-corrected chi connectivity index (χ1v) is 6.45. The monoisotopic (exact) mass is 247 g/mol. The molecule has 0 aliphatic heterocycles. The van der Waals surface area contributed by atoms with E-state index in [9.17, 15) is 0 Å². The van der Waals surface area contributed by atoms with Crippen LogP contribution in [0.5, 0.6) is 0 Å². The zero-order chi connectivity index (χ0) is 12.4. The zero-order valence-electron chi connectivity index (χ0n) is 10.4. The SMILES string of the molecule is CCNC1CCCC1c1nc(-c2ncc[nH]2)no1. The highest BCUT2D eigenvalue weighted by molar-refractivity contribution is 5.41. The van der Waals surface area contributed by atoms with Crippen LogP contribution in [-0.2, 0) is 0 Å². The van der Waals surface area contributed by atoms with Crippen molar-refractivity contribution in [3.8, 4) is 11.6 Å². The third-order valence-corrected chi connectivity index (χ3v) is 3.45. The minimum atomic E-state index is 0.334. The Bertz CT molecular complexity index is 492. The van der Waals surface area contributed by atoms with Crippen LogP contribution in [0.15, 0.2) is 16.9 Å². The number of likely N-dealkylation sites (N-methyl/N-ethyl adjacent to an activating group) is 1. The van der Waals surface area contributed by atoms with Gasteiger partial charge in [0.05, 0.1) is 5.92 Å². The van der Waals surface area contributed by atoms with Crippen molar-refractivity contribution in [2.45, 2.75) is 38.1 Å². The number of aromatic nitrogens is 4. The maximum atomic E-state index is 5.39. The predicted molar refractivity (Wildman–Crippen MR) is 65.9 cm³/mol. The van der Waals surface area contributed by atoms with Crippen LogP contribution < -0.4 is 5.32 Å². The highest BCUT2D eigenvalue weighted by Gasteiger charge is 2.32. The van der Waals surface area contributed by atoms with Gasteiger partial charge >= 0.3 is 0 Å². The molecule has 3 rings (SSSR count). The van der Waals surface area contributed by atoms with Gasteiger partial charge in [-0.1, -0.05) is 18.5 Å². The number of hydrogen-bond donors (Lipinski definition) is 2. The van der Waals surface area contributed by atoms with Gasteiger partial charge in [0.1, 0.15) is 0 Å². The molecule has 0 bridgehead atoms. The van der Waals surface area contributed by atoms with Crippen molar-refractivity contribution in [1.29, 1.82) is 0 Å². The molecule has 2 N–H and O–H groups in total. The van der Waals surface area contributed by atoms with Crippen LogP contribution in [0.2, 0.25) is 0 Å². The molecule has 2 unspecified atom stereocenters. The van der Waals surface area contributed by atoms with E-state index >= 15 is 0 Å². The van der Waals surface area contributed by atoms with Crippen molar-refractivity contribution >= 4 is 0 Å². The lowest BCUT2D eigenvalue weighted by Gasteiger charge is -2.16. The van der Waals surface area contributed by atoms with E-state index in [4.69, 9.17) is 4.52 Å². The molecule has 0 spiro atoms. The Kier molecular flexibility index (Phi) is 3.10. The number of hydrogen-bond acceptors (Lipinski definition) is 5. The second-order valence-corrected chi connectivity index (χ2v) is 4.60. The Morgan fingerprint density at radius 3 is 3.22 bits per heavy atom. The molecule has 1 aliphatic rings. The molecule has 2 atom stereocenters. The van der Waals surface area contributed by atoms with Crippen LogP contribution >= 0.6 is 0 Å². The van der Waals surface area contributed by atoms with Crippen molar-refractivity contribution in [3.05, 3.63) is 18.3 Å². The Balaban J connectivity index is 1.80. The normalized spacial score (nSPS) is 23.6. The number of nitrogens with zero attached hydrogens (tertiary/aromatic N) is 3. The third-order valence-electron chi connectivity index (χ3n) is 3.45. The van der Waals surface area contributed by atoms with Gasteiger partial charge in [0.15, 0.2) is 5.82 Å². The summed E-state index contributed by atoms with van der Waals surface area (Å²) in [6.45, 7) is 3.10. The van der Waals surface area contributed by atoms with Crippen molar-refractivity contribution in [2.24, 2.45) is 0 Å². The molecule has 96 valence electrons. The molecule has 6 heteroatoms. The highest BCUT2D eigenvalue weighted by atomic mass is 16.5. The summed E-state index contributed by atoms with van der Waals surface area (Å²) >= 11 is 0. The lowest BCUT2D eigenvalue weighted by atomic mass is 10.0. The predicted octanol–water partition coefficient (Wildman–Crippen LogP) is 1.71. The Morgan fingerprint density at radius 1 is 1.50 bits per heavy atom. The Labute approximate surface area is 105 Å². The first-order valence-electron chi connectivity index (χ1n) is 6.45. The average molecular weight is 247 g/mol. The van der Waals surface area contributed by atoms with E-state index in [-0.39, 0.29) is 0 Å². The summed E-state index contributed by atoms with van der Waals surface area (Å²) in [5.74, 6) is 2.26. The van der Waals surface area contributed by atoms with Crippen molar-refractivity contribution in [1.82, 2.24) is 25.4 Å². The molecular weight excluding hydrogens is 230 g/mol. The number of imidazole rings is 1. The fourth-order valence-corrected chi connectivity index (χ4v) is 2.63. The van der Waals surface area contributed by atoms with Crippen LogP contribution in [0, 0.1) is 0 Å². The van der Waals surface area contributed by atoms with E-state index in [2.05, 4.69) is 32.3 Å². The van der Waals surface area contributed by atoms with Gasteiger partial charge in [-0.25, -0.2) is 4.98 Å². The first kappa shape index (κ1) is 11.4. The maximum absolute atomic E-state index is 5.39. The molecule has 18 heavy (non-hydrogen) atoms. The van der Waals surface area contributed by atoms with Gasteiger partial charge in [0.2, 0.25) is 11.7 Å². The topological polar surface area (TPSA) is 79.6 Å². The van der Waals surface area contributed by atoms with E-state index in [0.717, 1.165) is 18.9 Å². The third kappa shape index (κ3) is 2.03. The number of nitrogens with one attached hydrogen (secondary N) is 2. The van der Waals surface area contributed by atoms with E-state index in [1.807, 2.05) is 0 Å². The van der Waals surface area contributed by atoms with Crippen molar-refractivity contribution in [3.63, 3.8) is 0 Å². The molecule has 0 amide bonds. The smallest absolute Gasteiger partial charge is 0.238 e. The molecule has 2 heterocycles. The molecule has 0 aromatic carbocycles. The largest absolute Gasteiger partial charge is 0.342 e. The zero-order valence-corrected chi connectivity index (χ0v) is 10.4. The van der Waals surface area contributed by atoms with E-state index < -0.39 is 0 Å². The van der Waals surface area contributed by atoms with Crippen LogP contribution in [0.25, 0.3) is 11.6 Å². The quantitative estimate of drug-likeness (QED) is 0.859. The van der Waals surface area contributed by atoms with Gasteiger partial charge in [0.25, 0.3) is 0 Å². The van der Waals surface area contributed by atoms with Crippen molar-refractivity contribution < 1.29 is 4.52 Å². The van der Waals surface area contributed by atoms with Crippen molar-refractivity contribution in [2.75, 3.05) is 6.54 Å². The summed E-state index contributed by atoms with van der Waals surface area (Å²) in [6, 6.07) is 0.458. The van der Waals surface area contributed by atoms with Crippen LogP contribution in [0.4, 0.5) is 0 Å². The van der Waals surface area contributed by atoms with Crippen LogP contribution in [0.1, 0.15) is 38.0 Å². The van der Waals surface area contributed by atoms with Crippen LogP contribution in [-0.4, -0.2) is 32.7 Å². The van der Waals surface area contributed by atoms with Crippen LogP contribution in [0.3, 0.4) is 0 Å². The molecule has 1 saturated carbocycles. The second kappa shape index (κ2) is 4.89. The molecule has 2 aromatic rings. The summed E-state index contributed by atoms with van der Waals surface area (Å²) < 4.78 is 5.39. The lowest BCUT2D eigenvalue weighted by Crippen LogP contribution is -2.31. The fraction of sp³-hybridized carbons (Fsp3) is 0.583. The van der Waals surface area contributed by atoms with E-state index in [1.54, 1.807) is 12.4 Å². The number of rotatable bonds is 4. The minimum absolute atomic E-state index is 0.334. The molecular formula is C12H17N5O. The molecule has 0 saturated heterocycles. The highest BCUT2D eigenvalue weighted by Crippen LogP contribution is 2.34. The summed E-state index contributed by atoms with van der Waals surface area (Å²) in [5, 5.41) is 7.48. The molecule has 2 aromatic heterocycles. The van der Waals surface area contributed by atoms with Gasteiger partial charge < -0.3 is 14.8 Å². The molecule has 0 radical (unpaired) electrons. The van der Waals surface area contributed by atoms with Gasteiger partial charge in [0, 0.05) is 18.4 Å². The Hall–Kier alpha value is -1.69. The summed E-state index contributed by atoms with van der Waals surface area (Å²) in [6.07, 6.45) is 6.93. The number of aromatic amines is 1. The van der Waals surface area contributed by atoms with Gasteiger partial charge in [-0.15, -0.1) is 0 Å². The lowest BCUT2D eigenvalue weighted by molar-refractivity contribution is 0.332. The standard InChI is InChI=1S/C12H17N5O/c1-2-13-9-5-3-4-8(9)12-16-11(17-18-12)10-14-6-7-15-10/h6-9,13H,2-5H2,1H3,(H,14,15). The first-order chi connectivity index (χ1) is 8.88. The second-order valence-electron chi connectivity index (χ2n) is 4.60. The minimum Gasteiger partial charge on any atom is -0.342 e. The Morgan fingerprint density at radius 2 is 2.44 bits per heavy atom. The number of H-pyrrole nitrogens is 1. The molecule has 6 nitrogen and oxygen atoms in total. The summed E-state index contributed by atoms with van der Waals surface area (Å²) in [7, 11) is 0. The van der Waals surface area contributed by atoms with Gasteiger partial charge in [-0.2, -0.15) is 4.98 Å². The van der Waals surface area contributed by atoms with Gasteiger partial charge in [-0.05, 0) is 19.4 Å². The summed E-state index contributed by atoms with van der Waals surface area (Å²) in [4.78, 5) is 11.6. The summed E-state index contributed by atoms with van der Waals surface area (Å²) in [5.41, 5.74) is 0. The maximum Gasteiger partial charge on any atom is 0.238 e. The average Bonchev–Trinajstić information content (AvgIpc) is 3.10. The van der Waals surface area contributed by atoms with E-state index in [0.29, 0.717) is 23.6 Å². The molecule has 1 aliphatic carbocycles. The fourth-order valence-electron chi connectivity index (χ4n) is 2.63.